The lowest BCUT2D eigenvalue weighted by molar-refractivity contribution is -0.306. The van der Waals surface area contributed by atoms with Gasteiger partial charge in [0.1, 0.15) is 0 Å². The summed E-state index contributed by atoms with van der Waals surface area (Å²) in [5.41, 5.74) is -0.806. The van der Waals surface area contributed by atoms with Gasteiger partial charge in [0.05, 0.1) is 11.2 Å². The molecule has 0 heterocycles. The van der Waals surface area contributed by atoms with Crippen molar-refractivity contribution in [3.8, 4) is 0 Å². The van der Waals surface area contributed by atoms with Crippen LogP contribution in [0.1, 0.15) is 41.5 Å². The van der Waals surface area contributed by atoms with Crippen molar-refractivity contribution in [1.29, 1.82) is 0 Å². The number of hydrogen-bond donors (Lipinski definition) is 2. The van der Waals surface area contributed by atoms with Gasteiger partial charge in [0, 0.05) is 0 Å². The highest BCUT2D eigenvalue weighted by Gasteiger charge is 2.07. The monoisotopic (exact) mass is 180 g/mol. The predicted molar refractivity (Wildman–Crippen MR) is 46.9 cm³/mol. The molecule has 4 heteroatoms. The van der Waals surface area contributed by atoms with Crippen LogP contribution >= 0.6 is 0 Å². The van der Waals surface area contributed by atoms with Crippen molar-refractivity contribution in [2.45, 2.75) is 52.7 Å². The van der Waals surface area contributed by atoms with E-state index < -0.39 is 11.2 Å². The maximum atomic E-state index is 7.90. The molecule has 0 radical (unpaired) electrons. The van der Waals surface area contributed by atoms with Crippen LogP contribution in [0.3, 0.4) is 0 Å². The Morgan fingerprint density at radius 3 is 0.750 bits per heavy atom. The summed E-state index contributed by atoms with van der Waals surface area (Å²) in [5, 5.41) is 15.8. The molecule has 0 rings (SSSR count). The highest BCUT2D eigenvalue weighted by Crippen LogP contribution is 2.02. The molecule has 0 aliphatic carbocycles. The fourth-order valence-electron chi connectivity index (χ4n) is 0. The zero-order valence-electron chi connectivity index (χ0n) is 8.71. The standard InChI is InChI=1S/2C4H10O2/c2*1-4(2,3)6-5/h2*5H,1-3H3. The first-order chi connectivity index (χ1) is 5.12. The van der Waals surface area contributed by atoms with Crippen molar-refractivity contribution in [3.63, 3.8) is 0 Å². The summed E-state index contributed by atoms with van der Waals surface area (Å²) in [5.74, 6) is 0. The van der Waals surface area contributed by atoms with Gasteiger partial charge in [-0.05, 0) is 41.5 Å². The molecule has 0 spiro atoms. The lowest BCUT2D eigenvalue weighted by Crippen LogP contribution is -2.15. The normalized spacial score (nSPS) is 12.0. The maximum absolute atomic E-state index is 7.90. The molecular formula is C8H20O4. The highest BCUT2D eigenvalue weighted by atomic mass is 17.1. The van der Waals surface area contributed by atoms with Crippen LogP contribution in [0.4, 0.5) is 0 Å². The van der Waals surface area contributed by atoms with Gasteiger partial charge in [0.25, 0.3) is 0 Å². The Morgan fingerprint density at radius 1 is 0.667 bits per heavy atom. The topological polar surface area (TPSA) is 58.9 Å². The Kier molecular flexibility index (Phi) is 6.56. The first-order valence-corrected chi connectivity index (χ1v) is 3.77. The Hall–Kier alpha value is -0.160. The third-order valence-corrected chi connectivity index (χ3v) is 0.548. The summed E-state index contributed by atoms with van der Waals surface area (Å²) in [6.45, 7) is 10.6. The number of rotatable bonds is 0. The fraction of sp³-hybridized carbons (Fsp3) is 1.00. The summed E-state index contributed by atoms with van der Waals surface area (Å²) >= 11 is 0. The van der Waals surface area contributed by atoms with E-state index in [1.54, 1.807) is 41.5 Å². The molecule has 0 aromatic rings. The van der Waals surface area contributed by atoms with Gasteiger partial charge in [0.15, 0.2) is 0 Å². The minimum atomic E-state index is -0.403. The van der Waals surface area contributed by atoms with E-state index in [0.29, 0.717) is 0 Å². The smallest absolute Gasteiger partial charge is 0.0949 e. The van der Waals surface area contributed by atoms with E-state index in [1.165, 1.54) is 0 Å². The minimum Gasteiger partial charge on any atom is -0.251 e. The molecule has 0 amide bonds. The summed E-state index contributed by atoms with van der Waals surface area (Å²) < 4.78 is 0. The average molecular weight is 180 g/mol. The van der Waals surface area contributed by atoms with Crippen LogP contribution in [0, 0.1) is 0 Å². The molecule has 0 saturated carbocycles. The van der Waals surface area contributed by atoms with E-state index in [9.17, 15) is 0 Å². The molecule has 4 nitrogen and oxygen atoms in total. The first kappa shape index (κ1) is 14.4. The predicted octanol–water partition coefficient (Wildman–Crippen LogP) is 2.55. The Balaban J connectivity index is 0. The van der Waals surface area contributed by atoms with Gasteiger partial charge in [-0.3, -0.25) is 10.5 Å². The van der Waals surface area contributed by atoms with Gasteiger partial charge in [-0.15, -0.1) is 0 Å². The van der Waals surface area contributed by atoms with E-state index >= 15 is 0 Å². The van der Waals surface area contributed by atoms with Crippen molar-refractivity contribution >= 4 is 0 Å². The van der Waals surface area contributed by atoms with Gasteiger partial charge in [-0.2, -0.15) is 0 Å². The second-order valence-electron chi connectivity index (χ2n) is 4.41. The second-order valence-corrected chi connectivity index (χ2v) is 4.41. The van der Waals surface area contributed by atoms with Crippen molar-refractivity contribution < 1.29 is 20.3 Å². The summed E-state index contributed by atoms with van der Waals surface area (Å²) in [6.07, 6.45) is 0. The molecule has 2 N–H and O–H groups in total. The van der Waals surface area contributed by atoms with Crippen LogP contribution in [-0.2, 0) is 9.78 Å². The van der Waals surface area contributed by atoms with Crippen LogP contribution in [0.2, 0.25) is 0 Å². The van der Waals surface area contributed by atoms with Crippen molar-refractivity contribution in [2.75, 3.05) is 0 Å². The lowest BCUT2D eigenvalue weighted by atomic mass is 10.2. The SMILES string of the molecule is CC(C)(C)OO.CC(C)(C)OO. The van der Waals surface area contributed by atoms with Crippen molar-refractivity contribution in [1.82, 2.24) is 0 Å². The highest BCUT2D eigenvalue weighted by molar-refractivity contribution is 4.53. The van der Waals surface area contributed by atoms with E-state index in [2.05, 4.69) is 9.78 Å². The van der Waals surface area contributed by atoms with Gasteiger partial charge in [0.2, 0.25) is 0 Å². The van der Waals surface area contributed by atoms with E-state index in [-0.39, 0.29) is 0 Å². The van der Waals surface area contributed by atoms with Crippen LogP contribution in [-0.4, -0.2) is 21.7 Å². The zero-order valence-corrected chi connectivity index (χ0v) is 8.71. The lowest BCUT2D eigenvalue weighted by Gasteiger charge is -2.10. The van der Waals surface area contributed by atoms with E-state index in [0.717, 1.165) is 0 Å². The summed E-state index contributed by atoms with van der Waals surface area (Å²) in [6, 6.07) is 0. The molecule has 76 valence electrons. The molecule has 0 aromatic heterocycles. The van der Waals surface area contributed by atoms with Gasteiger partial charge < -0.3 is 0 Å². The van der Waals surface area contributed by atoms with Gasteiger partial charge >= 0.3 is 0 Å². The van der Waals surface area contributed by atoms with Crippen molar-refractivity contribution in [3.05, 3.63) is 0 Å². The fourth-order valence-corrected chi connectivity index (χ4v) is 0. The molecule has 0 fully saturated rings. The van der Waals surface area contributed by atoms with Crippen LogP contribution in [0.25, 0.3) is 0 Å². The van der Waals surface area contributed by atoms with Gasteiger partial charge in [-0.1, -0.05) is 0 Å². The zero-order chi connectivity index (χ0) is 10.4. The van der Waals surface area contributed by atoms with Crippen LogP contribution < -0.4 is 0 Å². The third-order valence-electron chi connectivity index (χ3n) is 0.548. The molecule has 0 aliphatic rings. The van der Waals surface area contributed by atoms with E-state index in [1.807, 2.05) is 0 Å². The van der Waals surface area contributed by atoms with Gasteiger partial charge in [-0.25, -0.2) is 9.78 Å². The quantitative estimate of drug-likeness (QED) is 0.444. The Bertz CT molecular complexity index is 84.6. The van der Waals surface area contributed by atoms with Crippen molar-refractivity contribution in [2.24, 2.45) is 0 Å². The molecule has 0 unspecified atom stereocenters. The molecule has 0 aromatic carbocycles. The largest absolute Gasteiger partial charge is 0.251 e. The second kappa shape index (κ2) is 5.48. The first-order valence-electron chi connectivity index (χ1n) is 3.77. The van der Waals surface area contributed by atoms with Crippen LogP contribution in [0.15, 0.2) is 0 Å². The Labute approximate surface area is 74.0 Å². The molecule has 0 aliphatic heterocycles. The third kappa shape index (κ3) is 22.5. The molecular weight excluding hydrogens is 160 g/mol. The van der Waals surface area contributed by atoms with E-state index in [4.69, 9.17) is 10.5 Å². The Morgan fingerprint density at radius 2 is 0.750 bits per heavy atom. The maximum Gasteiger partial charge on any atom is 0.0949 e. The molecule has 0 saturated heterocycles. The summed E-state index contributed by atoms with van der Waals surface area (Å²) in [7, 11) is 0. The molecule has 0 atom stereocenters. The van der Waals surface area contributed by atoms with Crippen LogP contribution in [0.5, 0.6) is 0 Å². The minimum absolute atomic E-state index is 0.403. The average Bonchev–Trinajstić information content (AvgIpc) is 1.86. The molecule has 12 heavy (non-hydrogen) atoms. The molecule has 0 bridgehead atoms. The summed E-state index contributed by atoms with van der Waals surface area (Å²) in [4.78, 5) is 7.88. The number of hydrogen-bond acceptors (Lipinski definition) is 4.